The van der Waals surface area contributed by atoms with Crippen molar-refractivity contribution in [3.63, 3.8) is 0 Å². The van der Waals surface area contributed by atoms with Gasteiger partial charge < -0.3 is 10.0 Å². The van der Waals surface area contributed by atoms with Crippen molar-refractivity contribution in [3.8, 4) is 0 Å². The average molecular weight is 364 g/mol. The molecule has 1 unspecified atom stereocenters. The summed E-state index contributed by atoms with van der Waals surface area (Å²) in [6.07, 6.45) is -4.34. The third-order valence-electron chi connectivity index (χ3n) is 4.75. The van der Waals surface area contributed by atoms with E-state index in [9.17, 15) is 18.0 Å². The molecule has 3 rings (SSSR count). The number of carboxylic acids is 1. The fraction of sp³-hybridized carbons (Fsp3) is 0.316. The van der Waals surface area contributed by atoms with Gasteiger partial charge >= 0.3 is 12.1 Å². The monoisotopic (exact) mass is 364 g/mol. The lowest BCUT2D eigenvalue weighted by atomic mass is 10.0. The average Bonchev–Trinajstić information content (AvgIpc) is 2.61. The molecule has 1 aliphatic rings. The molecule has 0 saturated carbocycles. The Bertz CT molecular complexity index is 773. The zero-order valence-electron chi connectivity index (χ0n) is 14.2. The number of nitrogens with zero attached hydrogens (tertiary/aromatic N) is 2. The summed E-state index contributed by atoms with van der Waals surface area (Å²) in [6, 6.07) is 11.9. The van der Waals surface area contributed by atoms with Gasteiger partial charge in [0.15, 0.2) is 0 Å². The Kier molecular flexibility index (Phi) is 4.91. The zero-order chi connectivity index (χ0) is 18.9. The van der Waals surface area contributed by atoms with Crippen LogP contribution in [0.5, 0.6) is 0 Å². The fourth-order valence-corrected chi connectivity index (χ4v) is 3.18. The molecule has 0 spiro atoms. The second-order valence-corrected chi connectivity index (χ2v) is 6.41. The van der Waals surface area contributed by atoms with Crippen molar-refractivity contribution in [3.05, 3.63) is 65.2 Å². The zero-order valence-corrected chi connectivity index (χ0v) is 14.2. The molecule has 0 bridgehead atoms. The van der Waals surface area contributed by atoms with E-state index in [1.807, 2.05) is 7.05 Å². The molecule has 26 heavy (non-hydrogen) atoms. The number of halogens is 3. The van der Waals surface area contributed by atoms with Crippen LogP contribution in [0.15, 0.2) is 48.5 Å². The van der Waals surface area contributed by atoms with Gasteiger partial charge in [-0.2, -0.15) is 13.2 Å². The minimum atomic E-state index is -4.34. The number of hydrogen-bond acceptors (Lipinski definition) is 3. The lowest BCUT2D eigenvalue weighted by Crippen LogP contribution is -2.46. The smallest absolute Gasteiger partial charge is 0.416 e. The van der Waals surface area contributed by atoms with Crippen molar-refractivity contribution in [1.82, 2.24) is 4.90 Å². The van der Waals surface area contributed by atoms with Crippen LogP contribution in [-0.4, -0.2) is 42.7 Å². The number of benzene rings is 2. The van der Waals surface area contributed by atoms with Crippen molar-refractivity contribution in [2.75, 3.05) is 31.6 Å². The molecule has 1 N–H and O–H groups in total. The number of carboxylic acid groups (broad SMARTS) is 1. The topological polar surface area (TPSA) is 43.8 Å². The van der Waals surface area contributed by atoms with E-state index in [2.05, 4.69) is 9.80 Å². The lowest BCUT2D eigenvalue weighted by molar-refractivity contribution is -0.137. The molecule has 2 aromatic carbocycles. The standard InChI is InChI=1S/C19H19F3N2O2/c1-23-10-11-24(16-8-4-14(5-9-16)18(25)26)12-17(23)13-2-6-15(7-3-13)19(20,21)22/h2-9,17H,10-12H2,1H3,(H,25,26). The number of likely N-dealkylation sites (N-methyl/N-ethyl adjacent to an activating group) is 1. The minimum absolute atomic E-state index is 0.0369. The highest BCUT2D eigenvalue weighted by atomic mass is 19.4. The van der Waals surface area contributed by atoms with Gasteiger partial charge in [0, 0.05) is 25.3 Å². The van der Waals surface area contributed by atoms with Gasteiger partial charge in [-0.15, -0.1) is 0 Å². The van der Waals surface area contributed by atoms with Gasteiger partial charge in [-0.05, 0) is 49.0 Å². The van der Waals surface area contributed by atoms with E-state index in [0.29, 0.717) is 6.54 Å². The largest absolute Gasteiger partial charge is 0.478 e. The third kappa shape index (κ3) is 3.83. The Balaban J connectivity index is 1.78. The molecule has 0 radical (unpaired) electrons. The number of carbonyl (C=O) groups is 1. The molecule has 0 aromatic heterocycles. The van der Waals surface area contributed by atoms with Crippen molar-refractivity contribution in [2.24, 2.45) is 0 Å². The quantitative estimate of drug-likeness (QED) is 0.897. The van der Waals surface area contributed by atoms with Crippen LogP contribution in [0.2, 0.25) is 0 Å². The SMILES string of the molecule is CN1CCN(c2ccc(C(=O)O)cc2)CC1c1ccc(C(F)(F)F)cc1. The van der Waals surface area contributed by atoms with Crippen molar-refractivity contribution in [1.29, 1.82) is 0 Å². The normalized spacial score (nSPS) is 18.8. The summed E-state index contributed by atoms with van der Waals surface area (Å²) in [5.74, 6) is -0.974. The van der Waals surface area contributed by atoms with E-state index in [0.717, 1.165) is 36.5 Å². The molecule has 2 aromatic rings. The second kappa shape index (κ2) is 6.99. The van der Waals surface area contributed by atoms with Gasteiger partial charge in [0.25, 0.3) is 0 Å². The van der Waals surface area contributed by atoms with E-state index in [-0.39, 0.29) is 11.6 Å². The Labute approximate surface area is 149 Å². The Hall–Kier alpha value is -2.54. The lowest BCUT2D eigenvalue weighted by Gasteiger charge is -2.41. The van der Waals surface area contributed by atoms with Crippen LogP contribution in [0.1, 0.15) is 27.5 Å². The van der Waals surface area contributed by atoms with E-state index >= 15 is 0 Å². The van der Waals surface area contributed by atoms with Gasteiger partial charge in [-0.3, -0.25) is 4.90 Å². The molecule has 1 aliphatic heterocycles. The van der Waals surface area contributed by atoms with Crippen molar-refractivity contribution < 1.29 is 23.1 Å². The molecule has 0 amide bonds. The van der Waals surface area contributed by atoms with Crippen molar-refractivity contribution in [2.45, 2.75) is 12.2 Å². The first kappa shape index (κ1) is 18.3. The first-order valence-electron chi connectivity index (χ1n) is 8.21. The third-order valence-corrected chi connectivity index (χ3v) is 4.75. The van der Waals surface area contributed by atoms with Gasteiger partial charge in [0.2, 0.25) is 0 Å². The first-order valence-corrected chi connectivity index (χ1v) is 8.21. The molecule has 138 valence electrons. The maximum atomic E-state index is 12.8. The molecular weight excluding hydrogens is 345 g/mol. The number of alkyl halides is 3. The molecule has 1 atom stereocenters. The van der Waals surface area contributed by atoms with E-state index < -0.39 is 17.7 Å². The minimum Gasteiger partial charge on any atom is -0.478 e. The predicted octanol–water partition coefficient (Wildman–Crippen LogP) is 3.90. The molecule has 1 saturated heterocycles. The number of aromatic carboxylic acids is 1. The van der Waals surface area contributed by atoms with Gasteiger partial charge in [0.05, 0.1) is 17.2 Å². The number of rotatable bonds is 3. The summed E-state index contributed by atoms with van der Waals surface area (Å²) < 4.78 is 38.3. The highest BCUT2D eigenvalue weighted by molar-refractivity contribution is 5.88. The summed E-state index contributed by atoms with van der Waals surface area (Å²) in [5.41, 5.74) is 1.30. The summed E-state index contributed by atoms with van der Waals surface area (Å²) in [5, 5.41) is 8.99. The van der Waals surface area contributed by atoms with Crippen LogP contribution in [0.4, 0.5) is 18.9 Å². The van der Waals surface area contributed by atoms with Crippen molar-refractivity contribution >= 4 is 11.7 Å². The fourth-order valence-electron chi connectivity index (χ4n) is 3.18. The van der Waals surface area contributed by atoms with E-state index in [1.54, 1.807) is 24.3 Å². The summed E-state index contributed by atoms with van der Waals surface area (Å²) in [7, 11) is 1.95. The number of hydrogen-bond donors (Lipinski definition) is 1. The highest BCUT2D eigenvalue weighted by Crippen LogP contribution is 2.32. The number of piperazine rings is 1. The second-order valence-electron chi connectivity index (χ2n) is 6.41. The highest BCUT2D eigenvalue weighted by Gasteiger charge is 2.31. The molecule has 1 fully saturated rings. The maximum absolute atomic E-state index is 12.8. The van der Waals surface area contributed by atoms with Crippen LogP contribution in [0, 0.1) is 0 Å². The molecule has 4 nitrogen and oxygen atoms in total. The van der Waals surface area contributed by atoms with Crippen LogP contribution in [0.25, 0.3) is 0 Å². The van der Waals surface area contributed by atoms with Crippen LogP contribution >= 0.6 is 0 Å². The van der Waals surface area contributed by atoms with Crippen LogP contribution in [-0.2, 0) is 6.18 Å². The van der Waals surface area contributed by atoms with Gasteiger partial charge in [-0.25, -0.2) is 4.79 Å². The van der Waals surface area contributed by atoms with Gasteiger partial charge in [0.1, 0.15) is 0 Å². The molecular formula is C19H19F3N2O2. The summed E-state index contributed by atoms with van der Waals surface area (Å²) in [6.45, 7) is 2.14. The van der Waals surface area contributed by atoms with Gasteiger partial charge in [-0.1, -0.05) is 12.1 Å². The Morgan fingerprint density at radius 2 is 1.65 bits per heavy atom. The first-order chi connectivity index (χ1) is 12.3. The molecule has 0 aliphatic carbocycles. The number of anilines is 1. The summed E-state index contributed by atoms with van der Waals surface area (Å²) in [4.78, 5) is 15.2. The Morgan fingerprint density at radius 3 is 2.19 bits per heavy atom. The maximum Gasteiger partial charge on any atom is 0.416 e. The molecule has 7 heteroatoms. The van der Waals surface area contributed by atoms with Crippen LogP contribution in [0.3, 0.4) is 0 Å². The summed E-state index contributed by atoms with van der Waals surface area (Å²) >= 11 is 0. The Morgan fingerprint density at radius 1 is 1.04 bits per heavy atom. The van der Waals surface area contributed by atoms with E-state index in [4.69, 9.17) is 5.11 Å². The van der Waals surface area contributed by atoms with E-state index in [1.165, 1.54) is 12.1 Å². The van der Waals surface area contributed by atoms with Crippen LogP contribution < -0.4 is 4.90 Å². The predicted molar refractivity (Wildman–Crippen MR) is 92.4 cm³/mol. The molecule has 1 heterocycles.